The quantitative estimate of drug-likeness (QED) is 0.439. The third-order valence-electron chi connectivity index (χ3n) is 9.58. The average Bonchev–Trinajstić information content (AvgIpc) is 3.69. The Morgan fingerprint density at radius 3 is 2.85 bits per heavy atom. The molecule has 0 radical (unpaired) electrons. The Kier molecular flexibility index (Phi) is 6.07. The fourth-order valence-electron chi connectivity index (χ4n) is 7.74. The molecule has 5 aliphatic rings. The summed E-state index contributed by atoms with van der Waals surface area (Å²) in [5, 5.41) is 14.5. The summed E-state index contributed by atoms with van der Waals surface area (Å²) in [5.74, 6) is 0.304. The Morgan fingerprint density at radius 1 is 1.20 bits per heavy atom. The van der Waals surface area contributed by atoms with Gasteiger partial charge in [0, 0.05) is 56.3 Å². The van der Waals surface area contributed by atoms with Gasteiger partial charge in [0.25, 0.3) is 0 Å². The first kappa shape index (κ1) is 25.9. The molecule has 8 rings (SSSR count). The number of nitrogens with one attached hydrogen (secondary N) is 1. The van der Waals surface area contributed by atoms with Crippen molar-refractivity contribution >= 4 is 27.9 Å². The van der Waals surface area contributed by atoms with E-state index in [4.69, 9.17) is 9.72 Å². The molecule has 9 nitrogen and oxygen atoms in total. The molecule has 216 valence electrons. The number of hydrogen-bond acceptors (Lipinski definition) is 9. The molecule has 4 saturated heterocycles. The van der Waals surface area contributed by atoms with Gasteiger partial charge >= 0.3 is 6.01 Å². The monoisotopic (exact) mass is 582 g/mol. The number of hydrogen-bond donors (Lipinski definition) is 2. The van der Waals surface area contributed by atoms with Gasteiger partial charge in [-0.3, -0.25) is 9.88 Å². The molecule has 4 fully saturated rings. The molecule has 12 heteroatoms. The topological polar surface area (TPSA) is 110 Å². The summed E-state index contributed by atoms with van der Waals surface area (Å²) in [7, 11) is 0. The number of aromatic hydroxyl groups is 1. The van der Waals surface area contributed by atoms with E-state index in [1.165, 1.54) is 6.07 Å². The lowest BCUT2D eigenvalue weighted by Gasteiger charge is -2.34. The van der Waals surface area contributed by atoms with Crippen molar-refractivity contribution in [3.05, 3.63) is 29.7 Å². The van der Waals surface area contributed by atoms with Crippen LogP contribution in [0.2, 0.25) is 0 Å². The Bertz CT molecular complexity index is 1530. The maximum absolute atomic E-state index is 16.5. The summed E-state index contributed by atoms with van der Waals surface area (Å²) in [4.78, 5) is 18.7. The van der Waals surface area contributed by atoms with Crippen molar-refractivity contribution in [3.63, 3.8) is 0 Å². The van der Waals surface area contributed by atoms with E-state index in [1.54, 1.807) is 12.3 Å². The second-order valence-electron chi connectivity index (χ2n) is 12.2. The summed E-state index contributed by atoms with van der Waals surface area (Å²) in [6, 6.07) is 3.73. The molecule has 0 saturated carbocycles. The Labute approximate surface area is 239 Å². The van der Waals surface area contributed by atoms with E-state index < -0.39 is 23.2 Å². The maximum Gasteiger partial charge on any atom is 0.319 e. The van der Waals surface area contributed by atoms with Crippen LogP contribution in [0.5, 0.6) is 11.8 Å². The summed E-state index contributed by atoms with van der Waals surface area (Å²) < 4.78 is 49.9. The Hall–Kier alpha value is -2.80. The molecule has 2 N–H and O–H groups in total. The van der Waals surface area contributed by atoms with Gasteiger partial charge in [0.15, 0.2) is 10.7 Å². The smallest absolute Gasteiger partial charge is 0.319 e. The van der Waals surface area contributed by atoms with Crippen LogP contribution in [0.25, 0.3) is 22.2 Å². The van der Waals surface area contributed by atoms with Crippen LogP contribution < -0.4 is 15.0 Å². The number of alkyl halides is 1. The van der Waals surface area contributed by atoms with Crippen LogP contribution in [0, 0.1) is 5.82 Å². The van der Waals surface area contributed by atoms with E-state index in [9.17, 15) is 14.0 Å². The number of piperazine rings is 1. The first-order valence-corrected chi connectivity index (χ1v) is 15.8. The SMILES string of the molecule is [O-][S+]1CCc2cc(O)cc(-c3ncc4c(N5C[C@H]6CC[C@@H](C5)N6)nc(OC[C@@]56CCCN5C[C@H](F)C6)nc4c3F)c21. The number of fused-ring (bicyclic) bond motifs is 5. The molecular weight excluding hydrogens is 550 g/mol. The van der Waals surface area contributed by atoms with Crippen molar-refractivity contribution in [2.75, 3.05) is 43.4 Å². The zero-order chi connectivity index (χ0) is 27.9. The molecule has 41 heavy (non-hydrogen) atoms. The number of anilines is 1. The summed E-state index contributed by atoms with van der Waals surface area (Å²) in [5.41, 5.74) is 0.731. The number of benzene rings is 1. The molecule has 0 aliphatic carbocycles. The van der Waals surface area contributed by atoms with Gasteiger partial charge in [-0.15, -0.1) is 0 Å². The number of nitrogens with zero attached hydrogens (tertiary/aromatic N) is 5. The molecule has 5 aliphatic heterocycles. The van der Waals surface area contributed by atoms with Crippen molar-refractivity contribution < 1.29 is 23.2 Å². The first-order chi connectivity index (χ1) is 19.9. The zero-order valence-electron chi connectivity index (χ0n) is 22.6. The molecule has 2 aromatic heterocycles. The van der Waals surface area contributed by atoms with Crippen LogP contribution in [0.1, 0.15) is 37.7 Å². The Balaban J connectivity index is 1.23. The van der Waals surface area contributed by atoms with Crippen molar-refractivity contribution in [3.8, 4) is 23.0 Å². The minimum atomic E-state index is -1.31. The second-order valence-corrected chi connectivity index (χ2v) is 13.7. The highest BCUT2D eigenvalue weighted by atomic mass is 32.2. The molecular formula is C29H32F2N6O3S. The standard InChI is InChI=1S/C29H32F2N6O3S/c30-17-10-29(5-1-6-37(29)12-17)15-40-28-34-25-22(27(35-28)36-13-18-2-3-19(14-36)33-18)11-32-24(23(25)31)21-9-20(38)8-16-4-7-41(39)26(16)21/h8-9,11,17-19,33,38H,1-7,10,12-15H2/t17-,18-,19+,29+,41?/m1/s1. The van der Waals surface area contributed by atoms with Gasteiger partial charge in [-0.2, -0.15) is 9.97 Å². The van der Waals surface area contributed by atoms with Gasteiger partial charge in [-0.25, -0.2) is 8.78 Å². The fourth-order valence-corrected chi connectivity index (χ4v) is 9.20. The molecule has 7 heterocycles. The number of rotatable bonds is 5. The summed E-state index contributed by atoms with van der Waals surface area (Å²) >= 11 is -1.31. The number of pyridine rings is 1. The molecule has 5 atom stereocenters. The van der Waals surface area contributed by atoms with Crippen LogP contribution in [0.4, 0.5) is 14.6 Å². The van der Waals surface area contributed by atoms with E-state index in [0.717, 1.165) is 50.9 Å². The van der Waals surface area contributed by atoms with Crippen molar-refractivity contribution in [2.24, 2.45) is 0 Å². The number of aromatic nitrogens is 3. The van der Waals surface area contributed by atoms with E-state index in [0.29, 0.717) is 58.9 Å². The zero-order valence-corrected chi connectivity index (χ0v) is 23.4. The van der Waals surface area contributed by atoms with E-state index in [-0.39, 0.29) is 35.1 Å². The largest absolute Gasteiger partial charge is 0.611 e. The molecule has 0 spiro atoms. The van der Waals surface area contributed by atoms with Crippen LogP contribution in [-0.4, -0.2) is 91.8 Å². The molecule has 3 aromatic rings. The minimum absolute atomic E-state index is 0.00694. The van der Waals surface area contributed by atoms with Crippen molar-refractivity contribution in [1.82, 2.24) is 25.2 Å². The van der Waals surface area contributed by atoms with Gasteiger partial charge in [0.2, 0.25) is 0 Å². The maximum atomic E-state index is 16.5. The van der Waals surface area contributed by atoms with Crippen LogP contribution in [0.15, 0.2) is 23.2 Å². The second kappa shape index (κ2) is 9.62. The predicted molar refractivity (Wildman–Crippen MR) is 150 cm³/mol. The van der Waals surface area contributed by atoms with Gasteiger partial charge < -0.3 is 24.6 Å². The number of halogens is 2. The lowest BCUT2D eigenvalue weighted by atomic mass is 9.95. The van der Waals surface area contributed by atoms with Crippen LogP contribution in [-0.2, 0) is 17.6 Å². The van der Waals surface area contributed by atoms with E-state index in [2.05, 4.69) is 25.1 Å². The third-order valence-corrected chi connectivity index (χ3v) is 11.1. The lowest BCUT2D eigenvalue weighted by molar-refractivity contribution is 0.107. The van der Waals surface area contributed by atoms with E-state index in [1.807, 2.05) is 0 Å². The highest BCUT2D eigenvalue weighted by molar-refractivity contribution is 7.91. The number of ether oxygens (including phenoxy) is 1. The normalized spacial score (nSPS) is 30.8. The summed E-state index contributed by atoms with van der Waals surface area (Å²) in [6.45, 7) is 2.95. The van der Waals surface area contributed by atoms with E-state index >= 15 is 4.39 Å². The van der Waals surface area contributed by atoms with Gasteiger partial charge in [-0.05, 0) is 55.5 Å². The fraction of sp³-hybridized carbons (Fsp3) is 0.552. The molecule has 1 aromatic carbocycles. The van der Waals surface area contributed by atoms with Crippen LogP contribution in [0.3, 0.4) is 0 Å². The average molecular weight is 583 g/mol. The summed E-state index contributed by atoms with van der Waals surface area (Å²) in [6.07, 6.45) is 5.64. The molecule has 2 bridgehead atoms. The number of phenols is 1. The predicted octanol–water partition coefficient (Wildman–Crippen LogP) is 3.10. The number of aryl methyl sites for hydroxylation is 1. The third kappa shape index (κ3) is 4.25. The van der Waals surface area contributed by atoms with Gasteiger partial charge in [0.1, 0.15) is 41.3 Å². The molecule has 0 amide bonds. The minimum Gasteiger partial charge on any atom is -0.611 e. The van der Waals surface area contributed by atoms with Crippen molar-refractivity contribution in [1.29, 1.82) is 0 Å². The molecule has 1 unspecified atom stereocenters. The highest BCUT2D eigenvalue weighted by Gasteiger charge is 2.49. The number of phenolic OH excluding ortho intramolecular Hbond substituents is 1. The van der Waals surface area contributed by atoms with Crippen LogP contribution >= 0.6 is 0 Å². The van der Waals surface area contributed by atoms with Crippen molar-refractivity contribution in [2.45, 2.75) is 67.2 Å². The van der Waals surface area contributed by atoms with Gasteiger partial charge in [0.05, 0.1) is 16.5 Å². The van der Waals surface area contributed by atoms with Gasteiger partial charge in [-0.1, -0.05) is 0 Å². The highest BCUT2D eigenvalue weighted by Crippen LogP contribution is 2.42. The first-order valence-electron chi connectivity index (χ1n) is 14.5. The Morgan fingerprint density at radius 2 is 2.02 bits per heavy atom. The lowest BCUT2D eigenvalue weighted by Crippen LogP contribution is -2.51.